The fourth-order valence-corrected chi connectivity index (χ4v) is 0.856. The molecule has 0 aromatic rings. The van der Waals surface area contributed by atoms with Gasteiger partial charge in [-0.25, -0.2) is 0 Å². The third-order valence-electron chi connectivity index (χ3n) is 1.38. The van der Waals surface area contributed by atoms with Gasteiger partial charge in [0.15, 0.2) is 6.04 Å². The third kappa shape index (κ3) is 1.25. The summed E-state index contributed by atoms with van der Waals surface area (Å²) in [4.78, 5) is 20.5. The van der Waals surface area contributed by atoms with Crippen molar-refractivity contribution in [1.29, 1.82) is 0 Å². The Bertz CT molecular complexity index is 135. The largest absolute Gasteiger partial charge is 0.354 e. The van der Waals surface area contributed by atoms with Crippen LogP contribution in [0.15, 0.2) is 5.18 Å². The minimum atomic E-state index is -0.626. The van der Waals surface area contributed by atoms with Crippen molar-refractivity contribution >= 4 is 5.91 Å². The number of carbonyl (C=O) groups is 1. The molecule has 1 aliphatic heterocycles. The van der Waals surface area contributed by atoms with Gasteiger partial charge in [0, 0.05) is 6.54 Å². The Balaban J connectivity index is 2.48. The summed E-state index contributed by atoms with van der Waals surface area (Å²) in [5.74, 6) is -0.226. The lowest BCUT2D eigenvalue weighted by Gasteiger charge is -2.14. The molecule has 4 nitrogen and oxygen atoms in total. The van der Waals surface area contributed by atoms with Crippen LogP contribution >= 0.6 is 0 Å². The van der Waals surface area contributed by atoms with Crippen LogP contribution in [-0.2, 0) is 4.79 Å². The first-order chi connectivity index (χ1) is 4.34. The Kier molecular flexibility index (Phi) is 1.77. The molecule has 1 saturated heterocycles. The van der Waals surface area contributed by atoms with E-state index < -0.39 is 6.04 Å². The molecular weight excluding hydrogens is 120 g/mol. The molecule has 1 aliphatic rings. The zero-order valence-electron chi connectivity index (χ0n) is 4.96. The van der Waals surface area contributed by atoms with Crippen molar-refractivity contribution in [1.82, 2.24) is 5.32 Å². The van der Waals surface area contributed by atoms with Gasteiger partial charge in [0.05, 0.1) is 0 Å². The Hall–Kier alpha value is -0.930. The number of amides is 1. The highest BCUT2D eigenvalue weighted by Gasteiger charge is 2.21. The smallest absolute Gasteiger partial charge is 0.248 e. The molecule has 50 valence electrons. The molecule has 1 unspecified atom stereocenters. The highest BCUT2D eigenvalue weighted by atomic mass is 16.3. The molecule has 1 fully saturated rings. The number of rotatable bonds is 1. The second-order valence-corrected chi connectivity index (χ2v) is 2.05. The molecule has 1 N–H and O–H groups in total. The van der Waals surface area contributed by atoms with Crippen molar-refractivity contribution in [3.8, 4) is 0 Å². The molecule has 0 aliphatic carbocycles. The van der Waals surface area contributed by atoms with E-state index in [-0.39, 0.29) is 5.91 Å². The van der Waals surface area contributed by atoms with Crippen LogP contribution in [0.2, 0.25) is 0 Å². The second kappa shape index (κ2) is 2.57. The lowest BCUT2D eigenvalue weighted by Crippen LogP contribution is -2.38. The monoisotopic (exact) mass is 128 g/mol. The van der Waals surface area contributed by atoms with Crippen molar-refractivity contribution < 1.29 is 4.79 Å². The topological polar surface area (TPSA) is 58.5 Å². The standard InChI is InChI=1S/C5H8N2O2/c8-5-4(7-9)2-1-3-6-5/h4H,1-3H2,(H,6,8). The highest BCUT2D eigenvalue weighted by Crippen LogP contribution is 2.05. The predicted molar refractivity (Wildman–Crippen MR) is 31.8 cm³/mol. The molecule has 0 bridgehead atoms. The molecule has 0 aromatic heterocycles. The van der Waals surface area contributed by atoms with Gasteiger partial charge in [-0.15, -0.1) is 4.91 Å². The van der Waals surface area contributed by atoms with E-state index in [1.807, 2.05) is 0 Å². The Labute approximate surface area is 52.6 Å². The first kappa shape index (κ1) is 6.19. The lowest BCUT2D eigenvalue weighted by molar-refractivity contribution is -0.123. The van der Waals surface area contributed by atoms with Crippen LogP contribution in [0.5, 0.6) is 0 Å². The molecule has 1 rings (SSSR count). The predicted octanol–water partition coefficient (Wildman–Crippen LogP) is 0.0314. The van der Waals surface area contributed by atoms with E-state index in [2.05, 4.69) is 10.5 Å². The molecular formula is C5H8N2O2. The van der Waals surface area contributed by atoms with Crippen LogP contribution in [-0.4, -0.2) is 18.5 Å². The first-order valence-corrected chi connectivity index (χ1v) is 2.95. The van der Waals surface area contributed by atoms with Crippen LogP contribution in [0.25, 0.3) is 0 Å². The van der Waals surface area contributed by atoms with Crippen molar-refractivity contribution in [2.24, 2.45) is 5.18 Å². The Morgan fingerprint density at radius 2 is 2.44 bits per heavy atom. The van der Waals surface area contributed by atoms with Gasteiger partial charge in [-0.2, -0.15) is 0 Å². The second-order valence-electron chi connectivity index (χ2n) is 2.05. The quantitative estimate of drug-likeness (QED) is 0.506. The molecule has 1 atom stereocenters. The average Bonchev–Trinajstić information content (AvgIpc) is 1.89. The molecule has 1 heterocycles. The number of carbonyl (C=O) groups excluding carboxylic acids is 1. The van der Waals surface area contributed by atoms with Gasteiger partial charge in [0.1, 0.15) is 0 Å². The summed E-state index contributed by atoms with van der Waals surface area (Å²) in [5.41, 5.74) is 0. The summed E-state index contributed by atoms with van der Waals surface area (Å²) in [6, 6.07) is -0.626. The van der Waals surface area contributed by atoms with Gasteiger partial charge < -0.3 is 5.32 Å². The zero-order chi connectivity index (χ0) is 6.69. The van der Waals surface area contributed by atoms with Gasteiger partial charge in [-0.1, -0.05) is 5.18 Å². The van der Waals surface area contributed by atoms with Crippen molar-refractivity contribution in [3.05, 3.63) is 4.91 Å². The van der Waals surface area contributed by atoms with E-state index in [1.165, 1.54) is 0 Å². The Morgan fingerprint density at radius 3 is 2.89 bits per heavy atom. The van der Waals surface area contributed by atoms with E-state index in [1.54, 1.807) is 0 Å². The zero-order valence-corrected chi connectivity index (χ0v) is 4.96. The molecule has 9 heavy (non-hydrogen) atoms. The third-order valence-corrected chi connectivity index (χ3v) is 1.38. The van der Waals surface area contributed by atoms with E-state index in [0.29, 0.717) is 13.0 Å². The number of nitroso groups, excluding NO2 is 1. The minimum absolute atomic E-state index is 0.226. The van der Waals surface area contributed by atoms with Gasteiger partial charge >= 0.3 is 0 Å². The highest BCUT2D eigenvalue weighted by molar-refractivity contribution is 5.82. The van der Waals surface area contributed by atoms with Crippen LogP contribution in [0.3, 0.4) is 0 Å². The number of piperidine rings is 1. The lowest BCUT2D eigenvalue weighted by atomic mass is 10.1. The van der Waals surface area contributed by atoms with Crippen LogP contribution in [0, 0.1) is 4.91 Å². The molecule has 0 radical (unpaired) electrons. The summed E-state index contributed by atoms with van der Waals surface area (Å²) in [6.45, 7) is 0.685. The normalized spacial score (nSPS) is 27.1. The molecule has 1 amide bonds. The van der Waals surface area contributed by atoms with Crippen molar-refractivity contribution in [2.75, 3.05) is 6.54 Å². The van der Waals surface area contributed by atoms with E-state index in [0.717, 1.165) is 6.42 Å². The van der Waals surface area contributed by atoms with Crippen LogP contribution in [0.4, 0.5) is 0 Å². The minimum Gasteiger partial charge on any atom is -0.354 e. The fourth-order valence-electron chi connectivity index (χ4n) is 0.856. The van der Waals surface area contributed by atoms with Gasteiger partial charge in [0.2, 0.25) is 5.91 Å². The molecule has 0 saturated carbocycles. The van der Waals surface area contributed by atoms with Crippen LogP contribution < -0.4 is 5.32 Å². The number of nitrogens with zero attached hydrogens (tertiary/aromatic N) is 1. The summed E-state index contributed by atoms with van der Waals surface area (Å²) < 4.78 is 0. The summed E-state index contributed by atoms with van der Waals surface area (Å²) in [5, 5.41) is 5.22. The van der Waals surface area contributed by atoms with E-state index in [9.17, 15) is 9.70 Å². The Morgan fingerprint density at radius 1 is 1.67 bits per heavy atom. The maximum absolute atomic E-state index is 10.6. The molecule has 0 aromatic carbocycles. The van der Waals surface area contributed by atoms with Crippen molar-refractivity contribution in [2.45, 2.75) is 18.9 Å². The average molecular weight is 128 g/mol. The summed E-state index contributed by atoms with van der Waals surface area (Å²) >= 11 is 0. The number of nitrogens with one attached hydrogen (secondary N) is 1. The summed E-state index contributed by atoms with van der Waals surface area (Å²) in [7, 11) is 0. The van der Waals surface area contributed by atoms with Gasteiger partial charge in [0.25, 0.3) is 0 Å². The molecule has 4 heteroatoms. The van der Waals surface area contributed by atoms with Gasteiger partial charge in [-0.3, -0.25) is 4.79 Å². The van der Waals surface area contributed by atoms with Crippen LogP contribution in [0.1, 0.15) is 12.8 Å². The van der Waals surface area contributed by atoms with E-state index >= 15 is 0 Å². The maximum atomic E-state index is 10.6. The number of hydrogen-bond donors (Lipinski definition) is 1. The molecule has 0 spiro atoms. The first-order valence-electron chi connectivity index (χ1n) is 2.95. The van der Waals surface area contributed by atoms with Crippen molar-refractivity contribution in [3.63, 3.8) is 0 Å². The summed E-state index contributed by atoms with van der Waals surface area (Å²) in [6.07, 6.45) is 1.47. The van der Waals surface area contributed by atoms with E-state index in [4.69, 9.17) is 0 Å². The van der Waals surface area contributed by atoms with Gasteiger partial charge in [-0.05, 0) is 12.8 Å². The SMILES string of the molecule is O=NC1CCCNC1=O. The number of hydrogen-bond acceptors (Lipinski definition) is 3. The maximum Gasteiger partial charge on any atom is 0.248 e. The fraction of sp³-hybridized carbons (Fsp3) is 0.800.